The number of rotatable bonds is 9. The highest BCUT2D eigenvalue weighted by atomic mass is 32.1. The number of carbonyl (C=O) groups is 1. The molecular formula is C33H34FN3O5S. The summed E-state index contributed by atoms with van der Waals surface area (Å²) in [5.41, 5.74) is 4.71. The van der Waals surface area contributed by atoms with E-state index in [0.717, 1.165) is 29.1 Å². The first-order valence-corrected chi connectivity index (χ1v) is 14.9. The van der Waals surface area contributed by atoms with Crippen LogP contribution in [0.25, 0.3) is 11.8 Å². The maximum absolute atomic E-state index is 14.2. The van der Waals surface area contributed by atoms with E-state index in [2.05, 4.69) is 0 Å². The molecule has 8 nitrogen and oxygen atoms in total. The fraction of sp³-hybridized carbons (Fsp3) is 0.303. The first-order chi connectivity index (χ1) is 20.7. The van der Waals surface area contributed by atoms with Crippen molar-refractivity contribution in [1.29, 1.82) is 0 Å². The van der Waals surface area contributed by atoms with Crippen molar-refractivity contribution < 1.29 is 23.4 Å². The van der Waals surface area contributed by atoms with Gasteiger partial charge in [-0.15, -0.1) is 0 Å². The zero-order chi connectivity index (χ0) is 30.8. The lowest BCUT2D eigenvalue weighted by molar-refractivity contribution is -0.139. The van der Waals surface area contributed by atoms with Gasteiger partial charge in [-0.2, -0.15) is 0 Å². The molecule has 3 heterocycles. The number of thiazole rings is 1. The largest absolute Gasteiger partial charge is 0.497 e. The Morgan fingerprint density at radius 1 is 1.07 bits per heavy atom. The van der Waals surface area contributed by atoms with Gasteiger partial charge in [-0.05, 0) is 87.4 Å². The number of benzene rings is 2. The number of halogens is 1. The van der Waals surface area contributed by atoms with Crippen LogP contribution in [-0.4, -0.2) is 35.9 Å². The number of hydrogen-bond acceptors (Lipinski definition) is 7. The Kier molecular flexibility index (Phi) is 8.68. The van der Waals surface area contributed by atoms with E-state index in [1.807, 2.05) is 37.5 Å². The number of aryl methyl sites for hydroxylation is 1. The van der Waals surface area contributed by atoms with Crippen LogP contribution in [-0.2, 0) is 9.53 Å². The van der Waals surface area contributed by atoms with Crippen molar-refractivity contribution in [2.24, 2.45) is 4.99 Å². The fourth-order valence-electron chi connectivity index (χ4n) is 5.53. The van der Waals surface area contributed by atoms with Gasteiger partial charge in [0.15, 0.2) is 4.80 Å². The molecule has 0 spiro atoms. The van der Waals surface area contributed by atoms with Crippen molar-refractivity contribution >= 4 is 23.4 Å². The Labute approximate surface area is 253 Å². The van der Waals surface area contributed by atoms with Crippen molar-refractivity contribution in [3.8, 4) is 17.2 Å². The van der Waals surface area contributed by atoms with Crippen LogP contribution in [0.3, 0.4) is 0 Å². The highest BCUT2D eigenvalue weighted by Crippen LogP contribution is 2.38. The minimum absolute atomic E-state index is 0.178. The molecule has 0 saturated carbocycles. The molecule has 10 heteroatoms. The quantitative estimate of drug-likeness (QED) is 0.248. The highest BCUT2D eigenvalue weighted by molar-refractivity contribution is 7.07. The van der Waals surface area contributed by atoms with E-state index in [1.165, 1.54) is 23.5 Å². The van der Waals surface area contributed by atoms with Gasteiger partial charge in [-0.1, -0.05) is 24.7 Å². The summed E-state index contributed by atoms with van der Waals surface area (Å²) in [5, 5.41) is 0. The standard InChI is InChI=1S/C33H34FN3O5S/c1-7-9-26-29(32(39)42-8-2)30(25-18-24(40-5)14-15-27(25)41-6)37-31(38)28(43-33(37)35-26)17-21-16-19(3)36(20(21)4)23-12-10-22(34)11-13-23/h10-18,30H,7-9H2,1-6H3/b28-17-/t30-/m0/s1. The third-order valence-corrected chi connectivity index (χ3v) is 8.45. The van der Waals surface area contributed by atoms with E-state index in [0.29, 0.717) is 44.1 Å². The molecule has 1 atom stereocenters. The number of methoxy groups -OCH3 is 2. The first-order valence-electron chi connectivity index (χ1n) is 14.1. The van der Waals surface area contributed by atoms with E-state index in [4.69, 9.17) is 19.2 Å². The van der Waals surface area contributed by atoms with Gasteiger partial charge >= 0.3 is 5.97 Å². The van der Waals surface area contributed by atoms with Gasteiger partial charge in [0.05, 0.1) is 36.6 Å². The predicted molar refractivity (Wildman–Crippen MR) is 164 cm³/mol. The topological polar surface area (TPSA) is 84.0 Å². The van der Waals surface area contributed by atoms with Crippen LogP contribution in [0.2, 0.25) is 0 Å². The summed E-state index contributed by atoms with van der Waals surface area (Å²) >= 11 is 1.27. The van der Waals surface area contributed by atoms with Gasteiger partial charge < -0.3 is 18.8 Å². The molecule has 0 saturated heterocycles. The zero-order valence-electron chi connectivity index (χ0n) is 25.1. The molecule has 0 N–H and O–H groups in total. The normalized spacial score (nSPS) is 14.9. The van der Waals surface area contributed by atoms with Crippen molar-refractivity contribution in [2.45, 2.75) is 46.6 Å². The second kappa shape index (κ2) is 12.4. The number of fused-ring (bicyclic) bond motifs is 1. The molecule has 4 aromatic rings. The minimum atomic E-state index is -0.837. The Bertz CT molecular complexity index is 1900. The van der Waals surface area contributed by atoms with Gasteiger partial charge in [-0.3, -0.25) is 9.36 Å². The Morgan fingerprint density at radius 2 is 1.81 bits per heavy atom. The van der Waals surface area contributed by atoms with Crippen LogP contribution in [0.1, 0.15) is 55.2 Å². The molecule has 0 radical (unpaired) electrons. The SMILES string of the molecule is CCCC1=C(C(=O)OCC)[C@H](c2cc(OC)ccc2OC)n2c(s/c(=C\c3cc(C)n(-c4ccc(F)cc4)c3C)c2=O)=N1. The third-order valence-electron chi connectivity index (χ3n) is 7.47. The lowest BCUT2D eigenvalue weighted by Gasteiger charge is -2.27. The summed E-state index contributed by atoms with van der Waals surface area (Å²) in [6.45, 7) is 7.86. The van der Waals surface area contributed by atoms with Gasteiger partial charge in [-0.25, -0.2) is 14.2 Å². The Balaban J connectivity index is 1.76. The summed E-state index contributed by atoms with van der Waals surface area (Å²) in [5.74, 6) is 0.229. The molecule has 1 aliphatic rings. The second-order valence-corrected chi connectivity index (χ2v) is 11.2. The Morgan fingerprint density at radius 3 is 2.47 bits per heavy atom. The molecule has 0 unspecified atom stereocenters. The monoisotopic (exact) mass is 603 g/mol. The molecular weight excluding hydrogens is 569 g/mol. The molecule has 5 rings (SSSR count). The van der Waals surface area contributed by atoms with Crippen molar-refractivity contribution in [3.63, 3.8) is 0 Å². The van der Waals surface area contributed by atoms with E-state index < -0.39 is 12.0 Å². The number of aromatic nitrogens is 2. The summed E-state index contributed by atoms with van der Waals surface area (Å²) in [7, 11) is 3.11. The maximum atomic E-state index is 14.2. The number of esters is 1. The molecule has 2 aromatic heterocycles. The van der Waals surface area contributed by atoms with Gasteiger partial charge in [0.2, 0.25) is 0 Å². The average molecular weight is 604 g/mol. The summed E-state index contributed by atoms with van der Waals surface area (Å²) in [6.07, 6.45) is 3.12. The summed E-state index contributed by atoms with van der Waals surface area (Å²) < 4.78 is 34.3. The van der Waals surface area contributed by atoms with Crippen LogP contribution < -0.4 is 24.4 Å². The smallest absolute Gasteiger partial charge is 0.338 e. The van der Waals surface area contributed by atoms with Crippen molar-refractivity contribution in [3.05, 3.63) is 108 Å². The van der Waals surface area contributed by atoms with Crippen molar-refractivity contribution in [2.75, 3.05) is 20.8 Å². The van der Waals surface area contributed by atoms with E-state index in [9.17, 15) is 14.0 Å². The van der Waals surface area contributed by atoms with Crippen LogP contribution in [0.15, 0.2) is 69.6 Å². The predicted octanol–water partition coefficient (Wildman–Crippen LogP) is 5.14. The van der Waals surface area contributed by atoms with E-state index in [1.54, 1.807) is 56.0 Å². The molecule has 0 aliphatic carbocycles. The number of nitrogens with zero attached hydrogens (tertiary/aromatic N) is 3. The zero-order valence-corrected chi connectivity index (χ0v) is 25.9. The first kappa shape index (κ1) is 30.0. The third kappa shape index (κ3) is 5.54. The maximum Gasteiger partial charge on any atom is 0.338 e. The minimum Gasteiger partial charge on any atom is -0.497 e. The summed E-state index contributed by atoms with van der Waals surface area (Å²) in [4.78, 5) is 33.1. The van der Waals surface area contributed by atoms with Crippen LogP contribution in [0.4, 0.5) is 4.39 Å². The molecule has 43 heavy (non-hydrogen) atoms. The Hall–Kier alpha value is -4.44. The van der Waals surface area contributed by atoms with E-state index in [-0.39, 0.29) is 18.0 Å². The van der Waals surface area contributed by atoms with Gasteiger partial charge in [0.25, 0.3) is 5.56 Å². The lowest BCUT2D eigenvalue weighted by atomic mass is 9.93. The van der Waals surface area contributed by atoms with Crippen LogP contribution in [0, 0.1) is 19.7 Å². The van der Waals surface area contributed by atoms with Crippen molar-refractivity contribution in [1.82, 2.24) is 9.13 Å². The second-order valence-electron chi connectivity index (χ2n) is 10.2. The van der Waals surface area contributed by atoms with Gasteiger partial charge in [0.1, 0.15) is 23.4 Å². The molecule has 224 valence electrons. The van der Waals surface area contributed by atoms with E-state index >= 15 is 0 Å². The average Bonchev–Trinajstić information content (AvgIpc) is 3.46. The van der Waals surface area contributed by atoms with Crippen LogP contribution >= 0.6 is 11.3 Å². The molecule has 0 amide bonds. The molecule has 2 aromatic carbocycles. The molecule has 0 bridgehead atoms. The van der Waals surface area contributed by atoms with Crippen LogP contribution in [0.5, 0.6) is 11.5 Å². The molecule has 0 fully saturated rings. The number of carbonyl (C=O) groups excluding carboxylic acids is 1. The highest BCUT2D eigenvalue weighted by Gasteiger charge is 2.36. The summed E-state index contributed by atoms with van der Waals surface area (Å²) in [6, 6.07) is 12.8. The number of ether oxygens (including phenoxy) is 3. The number of hydrogen-bond donors (Lipinski definition) is 0. The fourth-order valence-corrected chi connectivity index (χ4v) is 6.54. The molecule has 1 aliphatic heterocycles. The lowest BCUT2D eigenvalue weighted by Crippen LogP contribution is -2.40. The van der Waals surface area contributed by atoms with Gasteiger partial charge in [0, 0.05) is 22.6 Å². The number of allylic oxidation sites excluding steroid dienone is 1.